The van der Waals surface area contributed by atoms with E-state index >= 15 is 0 Å². The molecule has 68 heavy (non-hydrogen) atoms. The SMILES string of the molecule is NC(N)=NCCC[C@@H]1NC(=O)[C@H](Cc2c[nH]c3ccccc23)NC(=O)[C@@H](CC2CCCCC2)NC(=O)[C@@H]2CCCN2C(=O)[C@@H](NC(=O)[C@H](Cc2ccccc2)NC(=O)CC(=O)O)CCCNC1=O. The van der Waals surface area contributed by atoms with Crippen LogP contribution < -0.4 is 43.4 Å². The molecule has 366 valence electrons. The quantitative estimate of drug-likeness (QED) is 0.0440. The highest BCUT2D eigenvalue weighted by atomic mass is 16.4. The zero-order chi connectivity index (χ0) is 48.6. The van der Waals surface area contributed by atoms with Gasteiger partial charge in [0.1, 0.15) is 42.7 Å². The van der Waals surface area contributed by atoms with E-state index in [0.717, 1.165) is 48.6 Å². The lowest BCUT2D eigenvalue weighted by atomic mass is 9.84. The van der Waals surface area contributed by atoms with Crippen molar-refractivity contribution in [1.29, 1.82) is 0 Å². The molecule has 2 aliphatic heterocycles. The Kier molecular flexibility index (Phi) is 18.3. The van der Waals surface area contributed by atoms with Gasteiger partial charge in [-0.2, -0.15) is 0 Å². The Labute approximate surface area is 394 Å². The van der Waals surface area contributed by atoms with Crippen LogP contribution in [0.2, 0.25) is 0 Å². The second kappa shape index (κ2) is 24.7. The maximum absolute atomic E-state index is 14.7. The van der Waals surface area contributed by atoms with Crippen LogP contribution in [0.4, 0.5) is 0 Å². The number of aromatic nitrogens is 1. The third kappa shape index (κ3) is 14.5. The van der Waals surface area contributed by atoms with Gasteiger partial charge in [-0.25, -0.2) is 0 Å². The van der Waals surface area contributed by atoms with Crippen LogP contribution in [0.25, 0.3) is 10.9 Å². The van der Waals surface area contributed by atoms with Crippen molar-refractivity contribution in [3.8, 4) is 0 Å². The van der Waals surface area contributed by atoms with E-state index in [2.05, 4.69) is 41.9 Å². The van der Waals surface area contributed by atoms with Gasteiger partial charge < -0.3 is 58.4 Å². The molecule has 3 heterocycles. The van der Waals surface area contributed by atoms with Crippen LogP contribution in [0.1, 0.15) is 94.6 Å². The van der Waals surface area contributed by atoms with Gasteiger partial charge in [0.05, 0.1) is 0 Å². The summed E-state index contributed by atoms with van der Waals surface area (Å²) in [6, 6.07) is 9.43. The predicted molar refractivity (Wildman–Crippen MR) is 252 cm³/mol. The number of para-hydroxylation sites is 1. The van der Waals surface area contributed by atoms with Gasteiger partial charge >= 0.3 is 5.97 Å². The third-order valence-corrected chi connectivity index (χ3v) is 12.9. The molecule has 0 spiro atoms. The molecule has 1 saturated carbocycles. The Bertz CT molecular complexity index is 2290. The molecule has 20 nitrogen and oxygen atoms in total. The molecule has 3 aromatic rings. The molecule has 0 bridgehead atoms. The maximum Gasteiger partial charge on any atom is 0.312 e. The summed E-state index contributed by atoms with van der Waals surface area (Å²) in [6.45, 7) is 0.351. The number of nitrogens with two attached hydrogens (primary N) is 2. The van der Waals surface area contributed by atoms with E-state index in [4.69, 9.17) is 11.5 Å². The number of carboxylic acids is 1. The highest BCUT2D eigenvalue weighted by Gasteiger charge is 2.41. The van der Waals surface area contributed by atoms with E-state index < -0.39 is 90.0 Å². The van der Waals surface area contributed by atoms with Gasteiger partial charge in [0.2, 0.25) is 41.4 Å². The third-order valence-electron chi connectivity index (χ3n) is 12.9. The van der Waals surface area contributed by atoms with Crippen molar-refractivity contribution < 1.29 is 43.5 Å². The number of fused-ring (bicyclic) bond motifs is 2. The number of nitrogens with zero attached hydrogens (tertiary/aromatic N) is 2. The van der Waals surface area contributed by atoms with Crippen molar-refractivity contribution in [1.82, 2.24) is 41.8 Å². The Morgan fingerprint density at radius 2 is 1.50 bits per heavy atom. The molecule has 6 rings (SSSR count). The number of guanidine groups is 1. The van der Waals surface area contributed by atoms with Gasteiger partial charge in [0, 0.05) is 49.6 Å². The Hall–Kier alpha value is -6.99. The number of rotatable bonds is 15. The van der Waals surface area contributed by atoms with E-state index in [1.165, 1.54) is 4.90 Å². The molecule has 0 radical (unpaired) electrons. The van der Waals surface area contributed by atoms with Crippen molar-refractivity contribution >= 4 is 64.2 Å². The molecule has 1 aromatic heterocycles. The van der Waals surface area contributed by atoms with Gasteiger partial charge in [0.15, 0.2) is 5.96 Å². The molecule has 3 aliphatic rings. The van der Waals surface area contributed by atoms with Gasteiger partial charge in [-0.15, -0.1) is 0 Å². The fraction of sp³-hybridized carbons (Fsp3) is 0.521. The summed E-state index contributed by atoms with van der Waals surface area (Å²) in [5.74, 6) is -5.95. The van der Waals surface area contributed by atoms with Crippen molar-refractivity contribution in [2.24, 2.45) is 22.4 Å². The summed E-state index contributed by atoms with van der Waals surface area (Å²) >= 11 is 0. The summed E-state index contributed by atoms with van der Waals surface area (Å²) in [7, 11) is 0. The summed E-state index contributed by atoms with van der Waals surface area (Å²) < 4.78 is 0. The predicted octanol–water partition coefficient (Wildman–Crippen LogP) is 0.777. The first-order chi connectivity index (χ1) is 32.7. The molecule has 6 atom stereocenters. The molecular formula is C48H65N11O9. The normalized spacial score (nSPS) is 22.9. The molecule has 2 saturated heterocycles. The van der Waals surface area contributed by atoms with Crippen molar-refractivity contribution in [3.63, 3.8) is 0 Å². The van der Waals surface area contributed by atoms with E-state index in [9.17, 15) is 43.5 Å². The lowest BCUT2D eigenvalue weighted by molar-refractivity contribution is -0.143. The van der Waals surface area contributed by atoms with E-state index in [0.29, 0.717) is 24.8 Å². The molecule has 2 aromatic carbocycles. The number of aliphatic imine (C=N–C) groups is 1. The number of aromatic amines is 1. The first kappa shape index (κ1) is 50.4. The summed E-state index contributed by atoms with van der Waals surface area (Å²) in [4.78, 5) is 119. The fourth-order valence-corrected chi connectivity index (χ4v) is 9.42. The van der Waals surface area contributed by atoms with Crippen molar-refractivity contribution in [2.75, 3.05) is 19.6 Å². The average Bonchev–Trinajstić information content (AvgIpc) is 3.98. The molecule has 0 unspecified atom stereocenters. The standard InChI is InChI=1S/C48H65N11O9/c49-48(50)52-22-9-18-34-42(63)51-21-10-19-35(56-43(64)36(54-40(60)27-41(61)62)24-29-12-3-1-4-13-29)47(68)59-23-11-20-39(59)46(67)58-37(25-30-14-5-2-6-15-30)44(65)57-38(45(66)55-34)26-31-28-53-33-17-8-7-16-32(31)33/h1,3-4,7-8,12-13,16-17,28,30,34-39,53H,2,5-6,9-11,14-15,18-27H2,(H,51,63)(H,54,60)(H,55,66)(H,56,64)(H,57,65)(H,58,67)(H,61,62)(H4,49,50,52)/t34-,35-,36-,37+,38-,39-/m0/s1. The zero-order valence-corrected chi connectivity index (χ0v) is 38.3. The molecule has 1 aliphatic carbocycles. The number of hydrogen-bond acceptors (Lipinski definition) is 9. The van der Waals surface area contributed by atoms with Gasteiger partial charge in [-0.3, -0.25) is 43.3 Å². The number of benzene rings is 2. The van der Waals surface area contributed by atoms with Crippen LogP contribution in [0.15, 0.2) is 65.8 Å². The summed E-state index contributed by atoms with van der Waals surface area (Å²) in [6.07, 6.45) is 7.23. The lowest BCUT2D eigenvalue weighted by Crippen LogP contribution is -2.60. The smallest absolute Gasteiger partial charge is 0.312 e. The topological polar surface area (TPSA) is 312 Å². The van der Waals surface area contributed by atoms with Crippen LogP contribution in [0, 0.1) is 5.92 Å². The molecule has 12 N–H and O–H groups in total. The second-order valence-electron chi connectivity index (χ2n) is 18.0. The van der Waals surface area contributed by atoms with Crippen LogP contribution in [0.3, 0.4) is 0 Å². The molecule has 7 amide bonds. The number of nitrogens with one attached hydrogen (secondary N) is 7. The Balaban J connectivity index is 1.31. The van der Waals surface area contributed by atoms with E-state index in [1.807, 2.05) is 24.3 Å². The first-order valence-electron chi connectivity index (χ1n) is 23.7. The number of carbonyl (C=O) groups excluding carboxylic acids is 7. The molecular weight excluding hydrogens is 875 g/mol. The van der Waals surface area contributed by atoms with Gasteiger partial charge in [-0.1, -0.05) is 80.6 Å². The minimum atomic E-state index is -1.39. The highest BCUT2D eigenvalue weighted by Crippen LogP contribution is 2.28. The maximum atomic E-state index is 14.7. The van der Waals surface area contributed by atoms with Crippen molar-refractivity contribution in [2.45, 2.75) is 133 Å². The molecule has 20 heteroatoms. The van der Waals surface area contributed by atoms with Crippen LogP contribution in [0.5, 0.6) is 0 Å². The van der Waals surface area contributed by atoms with Gasteiger partial charge in [-0.05, 0) is 68.1 Å². The van der Waals surface area contributed by atoms with Crippen LogP contribution in [-0.4, -0.2) is 124 Å². The van der Waals surface area contributed by atoms with Gasteiger partial charge in [0.25, 0.3) is 0 Å². The summed E-state index contributed by atoms with van der Waals surface area (Å²) in [5, 5.41) is 27.0. The minimum Gasteiger partial charge on any atom is -0.481 e. The monoisotopic (exact) mass is 939 g/mol. The lowest BCUT2D eigenvalue weighted by Gasteiger charge is -2.32. The summed E-state index contributed by atoms with van der Waals surface area (Å²) in [5.41, 5.74) is 13.3. The number of hydrogen-bond donors (Lipinski definition) is 10. The number of carboxylic acid groups (broad SMARTS) is 1. The Morgan fingerprint density at radius 1 is 0.794 bits per heavy atom. The average molecular weight is 940 g/mol. The number of aliphatic carboxylic acids is 1. The van der Waals surface area contributed by atoms with Crippen LogP contribution >= 0.6 is 0 Å². The van der Waals surface area contributed by atoms with Crippen molar-refractivity contribution in [3.05, 3.63) is 71.9 Å². The van der Waals surface area contributed by atoms with E-state index in [1.54, 1.807) is 36.5 Å². The second-order valence-corrected chi connectivity index (χ2v) is 18.0. The Morgan fingerprint density at radius 3 is 2.25 bits per heavy atom. The molecule has 3 fully saturated rings. The fourth-order valence-electron chi connectivity index (χ4n) is 9.42. The van der Waals surface area contributed by atoms with Crippen LogP contribution in [-0.2, 0) is 51.2 Å². The number of H-pyrrole nitrogens is 1. The first-order valence-corrected chi connectivity index (χ1v) is 23.7. The minimum absolute atomic E-state index is 0.00378. The number of amides is 7. The largest absolute Gasteiger partial charge is 0.481 e. The number of carbonyl (C=O) groups is 8. The zero-order valence-electron chi connectivity index (χ0n) is 38.3. The highest BCUT2D eigenvalue weighted by molar-refractivity contribution is 5.99. The van der Waals surface area contributed by atoms with E-state index in [-0.39, 0.29) is 70.0 Å².